The highest BCUT2D eigenvalue weighted by Crippen LogP contribution is 2.08. The fourth-order valence-electron chi connectivity index (χ4n) is 2.04. The zero-order chi connectivity index (χ0) is 22.6. The summed E-state index contributed by atoms with van der Waals surface area (Å²) >= 11 is 0. The summed E-state index contributed by atoms with van der Waals surface area (Å²) in [6, 6.07) is 14.0. The third-order valence-corrected chi connectivity index (χ3v) is 4.45. The Hall–Kier alpha value is -2.95. The van der Waals surface area contributed by atoms with E-state index in [2.05, 4.69) is 10.1 Å². The number of rotatable bonds is 7. The monoisotopic (exact) mass is 439 g/mol. The Balaban J connectivity index is 0.000000346. The zero-order valence-electron chi connectivity index (χ0n) is 16.6. The van der Waals surface area contributed by atoms with Gasteiger partial charge in [-0.3, -0.25) is 4.55 Å². The molecular weight excluding hydrogens is 414 g/mol. The summed E-state index contributed by atoms with van der Waals surface area (Å²) in [6.07, 6.45) is -0.782. The molecule has 0 unspecified atom stereocenters. The van der Waals surface area contributed by atoms with Gasteiger partial charge >= 0.3 is 12.1 Å². The van der Waals surface area contributed by atoms with Gasteiger partial charge in [-0.05, 0) is 31.5 Å². The van der Waals surface area contributed by atoms with E-state index in [1.54, 1.807) is 19.1 Å². The molecule has 0 aliphatic rings. The molecule has 2 rings (SSSR count). The summed E-state index contributed by atoms with van der Waals surface area (Å²) in [6.45, 7) is 3.21. The van der Waals surface area contributed by atoms with Gasteiger partial charge in [-0.25, -0.2) is 9.59 Å². The number of esters is 1. The molecule has 164 valence electrons. The molecule has 2 aromatic carbocycles. The molecule has 30 heavy (non-hydrogen) atoms. The molecule has 0 bridgehead atoms. The van der Waals surface area contributed by atoms with E-state index in [9.17, 15) is 18.0 Å². The lowest BCUT2D eigenvalue weighted by Gasteiger charge is -2.14. The number of hydrogen-bond donors (Lipinski definition) is 3. The molecular formula is C20H25NO8S. The number of aliphatic hydroxyl groups is 1. The quantitative estimate of drug-likeness (QED) is 0.440. The van der Waals surface area contributed by atoms with E-state index in [0.717, 1.165) is 11.1 Å². The number of aryl methyl sites for hydroxylation is 1. The van der Waals surface area contributed by atoms with Crippen LogP contribution in [-0.2, 0) is 31.0 Å². The minimum atomic E-state index is -4.02. The van der Waals surface area contributed by atoms with Crippen LogP contribution in [0.2, 0.25) is 0 Å². The van der Waals surface area contributed by atoms with Crippen LogP contribution in [0.15, 0.2) is 59.5 Å². The second-order valence-electron chi connectivity index (χ2n) is 5.98. The summed E-state index contributed by atoms with van der Waals surface area (Å²) in [5.41, 5.74) is 1.78. The largest absolute Gasteiger partial charge is 0.464 e. The number of hydrogen-bond acceptors (Lipinski definition) is 7. The standard InChI is InChI=1S/C13H17NO5.C7H8O3S/c1-2-18-12(16)11(8-15)14-13(17)19-9-10-6-4-3-5-7-10;1-6-2-4-7(5-3-6)11(8,9)10/h3-7,11,15H,2,8-9H2,1H3,(H,14,17);2-5H,1H3,(H,8,9,10)/t11-;/m0./s1. The average Bonchev–Trinajstić information content (AvgIpc) is 2.71. The van der Waals surface area contributed by atoms with E-state index in [-0.39, 0.29) is 18.1 Å². The summed E-state index contributed by atoms with van der Waals surface area (Å²) in [4.78, 5) is 22.7. The van der Waals surface area contributed by atoms with E-state index < -0.39 is 34.8 Å². The summed E-state index contributed by atoms with van der Waals surface area (Å²) in [7, 11) is -4.02. The number of nitrogens with one attached hydrogen (secondary N) is 1. The topological polar surface area (TPSA) is 139 Å². The fraction of sp³-hybridized carbons (Fsp3) is 0.300. The van der Waals surface area contributed by atoms with E-state index in [0.29, 0.717) is 0 Å². The molecule has 0 heterocycles. The molecule has 0 aromatic heterocycles. The van der Waals surface area contributed by atoms with Crippen LogP contribution in [0.4, 0.5) is 4.79 Å². The van der Waals surface area contributed by atoms with Crippen molar-refractivity contribution in [2.24, 2.45) is 0 Å². The molecule has 0 aliphatic carbocycles. The normalized spacial score (nSPS) is 11.5. The van der Waals surface area contributed by atoms with Crippen molar-refractivity contribution in [1.29, 1.82) is 0 Å². The second kappa shape index (κ2) is 12.6. The van der Waals surface area contributed by atoms with E-state index in [1.807, 2.05) is 37.3 Å². The van der Waals surface area contributed by atoms with Gasteiger partial charge in [-0.15, -0.1) is 0 Å². The minimum absolute atomic E-state index is 0.0666. The lowest BCUT2D eigenvalue weighted by Crippen LogP contribution is -2.44. The van der Waals surface area contributed by atoms with Crippen LogP contribution >= 0.6 is 0 Å². The first kappa shape index (κ1) is 25.1. The van der Waals surface area contributed by atoms with Crippen LogP contribution in [0.5, 0.6) is 0 Å². The zero-order valence-corrected chi connectivity index (χ0v) is 17.5. The summed E-state index contributed by atoms with van der Waals surface area (Å²) < 4.78 is 39.2. The van der Waals surface area contributed by atoms with Gasteiger partial charge < -0.3 is 19.9 Å². The first-order chi connectivity index (χ1) is 14.2. The molecule has 2 aromatic rings. The van der Waals surface area contributed by atoms with Crippen LogP contribution in [0, 0.1) is 6.92 Å². The maximum Gasteiger partial charge on any atom is 0.408 e. The van der Waals surface area contributed by atoms with E-state index in [4.69, 9.17) is 14.4 Å². The van der Waals surface area contributed by atoms with Crippen molar-refractivity contribution < 1.29 is 37.1 Å². The molecule has 0 saturated carbocycles. The van der Waals surface area contributed by atoms with Crippen molar-refractivity contribution in [3.63, 3.8) is 0 Å². The maximum absolute atomic E-state index is 11.4. The van der Waals surface area contributed by atoms with Crippen molar-refractivity contribution >= 4 is 22.2 Å². The smallest absolute Gasteiger partial charge is 0.408 e. The van der Waals surface area contributed by atoms with Crippen LogP contribution in [0.25, 0.3) is 0 Å². The number of ether oxygens (including phenoxy) is 2. The number of aliphatic hydroxyl groups excluding tert-OH is 1. The second-order valence-corrected chi connectivity index (χ2v) is 7.40. The molecule has 0 aliphatic heterocycles. The molecule has 0 saturated heterocycles. The third kappa shape index (κ3) is 9.50. The molecule has 1 atom stereocenters. The Morgan fingerprint density at radius 1 is 1.03 bits per heavy atom. The summed E-state index contributed by atoms with van der Waals surface area (Å²) in [5, 5.41) is 11.2. The van der Waals surface area contributed by atoms with Crippen LogP contribution in [0.1, 0.15) is 18.1 Å². The van der Waals surface area contributed by atoms with Crippen LogP contribution in [-0.4, -0.2) is 49.4 Å². The first-order valence-corrected chi connectivity index (χ1v) is 10.4. The lowest BCUT2D eigenvalue weighted by atomic mass is 10.2. The van der Waals surface area contributed by atoms with Crippen molar-refractivity contribution in [2.45, 2.75) is 31.4 Å². The Kier molecular flexibility index (Phi) is 10.5. The molecule has 10 heteroatoms. The summed E-state index contributed by atoms with van der Waals surface area (Å²) in [5.74, 6) is -0.693. The van der Waals surface area contributed by atoms with E-state index in [1.165, 1.54) is 12.1 Å². The van der Waals surface area contributed by atoms with Gasteiger partial charge in [0.1, 0.15) is 6.61 Å². The highest BCUT2D eigenvalue weighted by atomic mass is 32.2. The Labute approximate surface area is 175 Å². The SMILES string of the molecule is CCOC(=O)[C@H](CO)NC(=O)OCc1ccccc1.Cc1ccc(S(=O)(=O)O)cc1. The molecule has 0 spiro atoms. The van der Waals surface area contributed by atoms with Crippen molar-refractivity contribution in [3.05, 3.63) is 65.7 Å². The number of carbonyl (C=O) groups is 2. The minimum Gasteiger partial charge on any atom is -0.464 e. The van der Waals surface area contributed by atoms with Gasteiger partial charge in [0.25, 0.3) is 10.1 Å². The maximum atomic E-state index is 11.4. The lowest BCUT2D eigenvalue weighted by molar-refractivity contribution is -0.146. The number of alkyl carbamates (subject to hydrolysis) is 1. The Morgan fingerprint density at radius 2 is 1.63 bits per heavy atom. The van der Waals surface area contributed by atoms with Crippen molar-refractivity contribution in [1.82, 2.24) is 5.32 Å². The number of benzene rings is 2. The van der Waals surface area contributed by atoms with Gasteiger partial charge in [0, 0.05) is 0 Å². The van der Waals surface area contributed by atoms with Gasteiger partial charge in [-0.2, -0.15) is 8.42 Å². The van der Waals surface area contributed by atoms with Crippen LogP contribution in [0.3, 0.4) is 0 Å². The third-order valence-electron chi connectivity index (χ3n) is 3.58. The van der Waals surface area contributed by atoms with Crippen LogP contribution < -0.4 is 5.32 Å². The predicted molar refractivity (Wildman–Crippen MR) is 108 cm³/mol. The number of amides is 1. The highest BCUT2D eigenvalue weighted by molar-refractivity contribution is 7.85. The Morgan fingerprint density at radius 3 is 2.13 bits per heavy atom. The van der Waals surface area contributed by atoms with Gasteiger partial charge in [0.05, 0.1) is 18.1 Å². The average molecular weight is 439 g/mol. The van der Waals surface area contributed by atoms with E-state index >= 15 is 0 Å². The van der Waals surface area contributed by atoms with Gasteiger partial charge in [0.2, 0.25) is 0 Å². The Bertz CT molecular complexity index is 898. The molecule has 1 amide bonds. The first-order valence-electron chi connectivity index (χ1n) is 8.96. The van der Waals surface area contributed by atoms with Gasteiger partial charge in [0.15, 0.2) is 6.04 Å². The molecule has 3 N–H and O–H groups in total. The molecule has 0 radical (unpaired) electrons. The van der Waals surface area contributed by atoms with Crippen molar-refractivity contribution in [3.8, 4) is 0 Å². The van der Waals surface area contributed by atoms with Crippen molar-refractivity contribution in [2.75, 3.05) is 13.2 Å². The number of carbonyl (C=O) groups excluding carboxylic acids is 2. The fourth-order valence-corrected chi connectivity index (χ4v) is 2.52. The van der Waals surface area contributed by atoms with Gasteiger partial charge in [-0.1, -0.05) is 48.0 Å². The molecule has 9 nitrogen and oxygen atoms in total. The highest BCUT2D eigenvalue weighted by Gasteiger charge is 2.21. The molecule has 0 fully saturated rings. The predicted octanol–water partition coefficient (Wildman–Crippen LogP) is 2.08.